The van der Waals surface area contributed by atoms with Crippen LogP contribution in [0.5, 0.6) is 0 Å². The Balaban J connectivity index is 2.48. The van der Waals surface area contributed by atoms with E-state index in [0.717, 1.165) is 25.0 Å². The molecule has 0 atom stereocenters. The molecule has 98 valence electrons. The molecule has 1 aromatic rings. The van der Waals surface area contributed by atoms with E-state index in [4.69, 9.17) is 5.73 Å². The van der Waals surface area contributed by atoms with E-state index >= 15 is 0 Å². The quantitative estimate of drug-likeness (QED) is 0.481. The predicted octanol–water partition coefficient (Wildman–Crippen LogP) is 1.01. The van der Waals surface area contributed by atoms with Crippen molar-refractivity contribution in [1.29, 1.82) is 0 Å². The molecule has 1 saturated carbocycles. The van der Waals surface area contributed by atoms with Gasteiger partial charge < -0.3 is 5.73 Å². The molecular weight excluding hydrogens is 258 g/mol. The smallest absolute Gasteiger partial charge is 0.289 e. The molecule has 0 radical (unpaired) electrons. The van der Waals surface area contributed by atoms with Gasteiger partial charge in [0, 0.05) is 17.3 Å². The van der Waals surface area contributed by atoms with E-state index < -0.39 is 26.2 Å². The van der Waals surface area contributed by atoms with Crippen molar-refractivity contribution >= 4 is 21.4 Å². The topological polar surface area (TPSA) is 115 Å². The molecule has 0 heterocycles. The number of nitrogens with two attached hydrogens (primary N) is 1. The Morgan fingerprint density at radius 2 is 2.06 bits per heavy atom. The third kappa shape index (κ3) is 2.44. The number of nitro benzene ring substituents is 1. The van der Waals surface area contributed by atoms with Crippen LogP contribution in [0.2, 0.25) is 0 Å². The fourth-order valence-electron chi connectivity index (χ4n) is 1.57. The molecule has 0 aromatic heterocycles. The zero-order chi connectivity index (χ0) is 13.6. The third-order valence-electron chi connectivity index (χ3n) is 2.85. The van der Waals surface area contributed by atoms with Gasteiger partial charge in [0.15, 0.2) is 4.90 Å². The zero-order valence-electron chi connectivity index (χ0n) is 9.71. The minimum atomic E-state index is -3.93. The highest BCUT2D eigenvalue weighted by molar-refractivity contribution is 7.89. The van der Waals surface area contributed by atoms with Crippen molar-refractivity contribution in [3.8, 4) is 0 Å². The minimum Gasteiger partial charge on any atom is -0.399 e. The Labute approximate surface area is 104 Å². The Morgan fingerprint density at radius 1 is 1.44 bits per heavy atom. The summed E-state index contributed by atoms with van der Waals surface area (Å²) in [6, 6.07) is 3.50. The van der Waals surface area contributed by atoms with Crippen molar-refractivity contribution in [2.45, 2.75) is 30.2 Å². The zero-order valence-corrected chi connectivity index (χ0v) is 10.5. The third-order valence-corrected chi connectivity index (χ3v) is 4.52. The molecule has 8 heteroatoms. The monoisotopic (exact) mass is 271 g/mol. The van der Waals surface area contributed by atoms with Crippen molar-refractivity contribution in [3.63, 3.8) is 0 Å². The molecule has 0 unspecified atom stereocenters. The highest BCUT2D eigenvalue weighted by Gasteiger charge is 2.42. The summed E-state index contributed by atoms with van der Waals surface area (Å²) < 4.78 is 26.6. The molecular formula is C10H13N3O4S. The van der Waals surface area contributed by atoms with Crippen LogP contribution in [0.4, 0.5) is 11.4 Å². The van der Waals surface area contributed by atoms with E-state index in [0.29, 0.717) is 0 Å². The molecule has 1 aliphatic carbocycles. The van der Waals surface area contributed by atoms with Gasteiger partial charge in [-0.1, -0.05) is 0 Å². The van der Waals surface area contributed by atoms with Crippen LogP contribution in [-0.4, -0.2) is 18.9 Å². The molecule has 1 fully saturated rings. The van der Waals surface area contributed by atoms with Gasteiger partial charge in [-0.15, -0.1) is 0 Å². The lowest BCUT2D eigenvalue weighted by Gasteiger charge is -2.12. The molecule has 0 saturated heterocycles. The first-order chi connectivity index (χ1) is 8.23. The number of nitrogens with one attached hydrogen (secondary N) is 1. The standard InChI is InChI=1S/C10H13N3O4S/c1-10(4-5-10)12-18(16,17)9-6-7(11)2-3-8(9)13(14)15/h2-3,6,12H,4-5,11H2,1H3. The highest BCUT2D eigenvalue weighted by atomic mass is 32.2. The fraction of sp³-hybridized carbons (Fsp3) is 0.400. The summed E-state index contributed by atoms with van der Waals surface area (Å²) in [5, 5.41) is 10.8. The summed E-state index contributed by atoms with van der Waals surface area (Å²) >= 11 is 0. The van der Waals surface area contributed by atoms with Gasteiger partial charge in [0.2, 0.25) is 10.0 Å². The summed E-state index contributed by atoms with van der Waals surface area (Å²) in [5.41, 5.74) is 4.70. The van der Waals surface area contributed by atoms with Gasteiger partial charge >= 0.3 is 0 Å². The molecule has 1 aromatic carbocycles. The Bertz CT molecular complexity index is 608. The second-order valence-electron chi connectivity index (χ2n) is 4.65. The summed E-state index contributed by atoms with van der Waals surface area (Å²) in [6.45, 7) is 1.75. The average molecular weight is 271 g/mol. The number of benzene rings is 1. The molecule has 7 nitrogen and oxygen atoms in total. The number of sulfonamides is 1. The van der Waals surface area contributed by atoms with Crippen LogP contribution in [0.25, 0.3) is 0 Å². The van der Waals surface area contributed by atoms with E-state index in [-0.39, 0.29) is 10.6 Å². The molecule has 0 spiro atoms. The van der Waals surface area contributed by atoms with E-state index in [1.165, 1.54) is 6.07 Å². The number of nitrogen functional groups attached to an aromatic ring is 1. The van der Waals surface area contributed by atoms with Gasteiger partial charge in [0.05, 0.1) is 4.92 Å². The molecule has 18 heavy (non-hydrogen) atoms. The van der Waals surface area contributed by atoms with Crippen molar-refractivity contribution < 1.29 is 13.3 Å². The number of anilines is 1. The summed E-state index contributed by atoms with van der Waals surface area (Å²) in [7, 11) is -3.93. The Hall–Kier alpha value is -1.67. The second kappa shape index (κ2) is 3.92. The van der Waals surface area contributed by atoms with Gasteiger partial charge in [0.1, 0.15) is 0 Å². The SMILES string of the molecule is CC1(NS(=O)(=O)c2cc(N)ccc2[N+](=O)[O-])CC1. The number of nitrogens with zero attached hydrogens (tertiary/aromatic N) is 1. The molecule has 2 rings (SSSR count). The average Bonchev–Trinajstić information content (AvgIpc) is 2.94. The largest absolute Gasteiger partial charge is 0.399 e. The maximum Gasteiger partial charge on any atom is 0.289 e. The van der Waals surface area contributed by atoms with E-state index in [1.54, 1.807) is 6.92 Å². The lowest BCUT2D eigenvalue weighted by atomic mass is 10.3. The van der Waals surface area contributed by atoms with E-state index in [9.17, 15) is 18.5 Å². The summed E-state index contributed by atoms with van der Waals surface area (Å²) in [4.78, 5) is 9.71. The van der Waals surface area contributed by atoms with Crippen molar-refractivity contribution in [2.75, 3.05) is 5.73 Å². The van der Waals surface area contributed by atoms with Crippen molar-refractivity contribution in [2.24, 2.45) is 0 Å². The van der Waals surface area contributed by atoms with Gasteiger partial charge in [-0.2, -0.15) is 0 Å². The molecule has 0 amide bonds. The van der Waals surface area contributed by atoms with Crippen LogP contribution < -0.4 is 10.5 Å². The molecule has 3 N–H and O–H groups in total. The summed E-state index contributed by atoms with van der Waals surface area (Å²) in [6.07, 6.45) is 1.45. The van der Waals surface area contributed by atoms with Crippen LogP contribution in [-0.2, 0) is 10.0 Å². The first kappa shape index (κ1) is 12.8. The number of rotatable bonds is 4. The molecule has 0 bridgehead atoms. The van der Waals surface area contributed by atoms with Crippen molar-refractivity contribution in [1.82, 2.24) is 4.72 Å². The highest BCUT2D eigenvalue weighted by Crippen LogP contribution is 2.37. The van der Waals surface area contributed by atoms with Gasteiger partial charge in [-0.05, 0) is 31.9 Å². The Morgan fingerprint density at radius 3 is 2.56 bits per heavy atom. The second-order valence-corrected chi connectivity index (χ2v) is 6.30. The maximum absolute atomic E-state index is 12.1. The summed E-state index contributed by atoms with van der Waals surface area (Å²) in [5.74, 6) is 0. The number of nitro groups is 1. The minimum absolute atomic E-state index is 0.168. The van der Waals surface area contributed by atoms with Crippen LogP contribution in [0.3, 0.4) is 0 Å². The normalized spacial score (nSPS) is 17.4. The van der Waals surface area contributed by atoms with Gasteiger partial charge in [0.25, 0.3) is 5.69 Å². The van der Waals surface area contributed by atoms with Crippen LogP contribution in [0, 0.1) is 10.1 Å². The van der Waals surface area contributed by atoms with E-state index in [2.05, 4.69) is 4.72 Å². The number of hydrogen-bond acceptors (Lipinski definition) is 5. The lowest BCUT2D eigenvalue weighted by Crippen LogP contribution is -2.34. The van der Waals surface area contributed by atoms with Gasteiger partial charge in [-0.25, -0.2) is 13.1 Å². The fourth-order valence-corrected chi connectivity index (χ4v) is 3.24. The Kier molecular flexibility index (Phi) is 2.78. The first-order valence-corrected chi connectivity index (χ1v) is 6.80. The van der Waals surface area contributed by atoms with Crippen LogP contribution in [0.15, 0.2) is 23.1 Å². The van der Waals surface area contributed by atoms with Crippen molar-refractivity contribution in [3.05, 3.63) is 28.3 Å². The maximum atomic E-state index is 12.1. The van der Waals surface area contributed by atoms with E-state index in [1.807, 2.05) is 0 Å². The van der Waals surface area contributed by atoms with Crippen LogP contribution in [0.1, 0.15) is 19.8 Å². The van der Waals surface area contributed by atoms with Crippen LogP contribution >= 0.6 is 0 Å². The first-order valence-electron chi connectivity index (χ1n) is 5.31. The number of hydrogen-bond donors (Lipinski definition) is 2. The molecule has 1 aliphatic rings. The van der Waals surface area contributed by atoms with Gasteiger partial charge in [-0.3, -0.25) is 10.1 Å². The lowest BCUT2D eigenvalue weighted by molar-refractivity contribution is -0.387. The molecule has 0 aliphatic heterocycles. The predicted molar refractivity (Wildman–Crippen MR) is 65.5 cm³/mol.